The van der Waals surface area contributed by atoms with Crippen molar-refractivity contribution in [2.75, 3.05) is 5.32 Å². The molecule has 4 nitrogen and oxygen atoms in total. The van der Waals surface area contributed by atoms with Crippen molar-refractivity contribution >= 4 is 11.6 Å². The zero-order valence-electron chi connectivity index (χ0n) is 14.8. The second-order valence-electron chi connectivity index (χ2n) is 6.16. The predicted octanol–water partition coefficient (Wildman–Crippen LogP) is 4.77. The number of anilines is 1. The zero-order valence-corrected chi connectivity index (χ0v) is 14.8. The van der Waals surface area contributed by atoms with Gasteiger partial charge in [-0.3, -0.25) is 4.79 Å². The molecule has 3 rings (SSSR count). The molecule has 0 aromatic heterocycles. The van der Waals surface area contributed by atoms with E-state index in [2.05, 4.69) is 5.32 Å². The van der Waals surface area contributed by atoms with Gasteiger partial charge in [0.2, 0.25) is 0 Å². The predicted molar refractivity (Wildman–Crippen MR) is 103 cm³/mol. The van der Waals surface area contributed by atoms with Crippen LogP contribution in [0.5, 0.6) is 11.5 Å². The molecule has 3 aromatic rings. The molecule has 0 fully saturated rings. The summed E-state index contributed by atoms with van der Waals surface area (Å²) in [5.41, 5.74) is 3.50. The van der Waals surface area contributed by atoms with Gasteiger partial charge in [-0.2, -0.15) is 0 Å². The summed E-state index contributed by atoms with van der Waals surface area (Å²) in [6.07, 6.45) is -0.696. The third kappa shape index (κ3) is 4.22. The average molecular weight is 347 g/mol. The van der Waals surface area contributed by atoms with Crippen LogP contribution in [0.15, 0.2) is 72.8 Å². The number of carbonyl (C=O) groups is 1. The van der Waals surface area contributed by atoms with Gasteiger partial charge < -0.3 is 15.2 Å². The molecule has 0 saturated carbocycles. The fourth-order valence-electron chi connectivity index (χ4n) is 2.60. The summed E-state index contributed by atoms with van der Waals surface area (Å²) in [4.78, 5) is 12.3. The normalized spacial score (nSPS) is 11.6. The van der Waals surface area contributed by atoms with E-state index < -0.39 is 6.10 Å². The van der Waals surface area contributed by atoms with E-state index in [1.54, 1.807) is 19.1 Å². The Morgan fingerprint density at radius 1 is 0.962 bits per heavy atom. The standard InChI is InChI=1S/C22H21NO3/c1-15-8-13-20(21(24)14-15)23-22(25)16(2)26-19-11-9-18(10-12-19)17-6-4-3-5-7-17/h3-14,16,24H,1-2H3,(H,23,25)/t16-/m0/s1. The van der Waals surface area contributed by atoms with Gasteiger partial charge in [-0.05, 0) is 54.8 Å². The highest BCUT2D eigenvalue weighted by Gasteiger charge is 2.16. The quantitative estimate of drug-likeness (QED) is 0.653. The first-order valence-corrected chi connectivity index (χ1v) is 8.45. The van der Waals surface area contributed by atoms with Crippen molar-refractivity contribution in [2.24, 2.45) is 0 Å². The van der Waals surface area contributed by atoms with Crippen LogP contribution in [0.2, 0.25) is 0 Å². The Labute approximate surface area is 153 Å². The van der Waals surface area contributed by atoms with Crippen molar-refractivity contribution in [3.05, 3.63) is 78.4 Å². The summed E-state index contributed by atoms with van der Waals surface area (Å²) >= 11 is 0. The van der Waals surface area contributed by atoms with Crippen molar-refractivity contribution in [2.45, 2.75) is 20.0 Å². The summed E-state index contributed by atoms with van der Waals surface area (Å²) < 4.78 is 5.71. The number of amides is 1. The molecular weight excluding hydrogens is 326 g/mol. The van der Waals surface area contributed by atoms with E-state index in [1.165, 1.54) is 0 Å². The van der Waals surface area contributed by atoms with Gasteiger partial charge in [0.25, 0.3) is 5.91 Å². The lowest BCUT2D eigenvalue weighted by atomic mass is 10.1. The first-order valence-electron chi connectivity index (χ1n) is 8.45. The van der Waals surface area contributed by atoms with Gasteiger partial charge in [0, 0.05) is 0 Å². The molecule has 0 spiro atoms. The third-order valence-corrected chi connectivity index (χ3v) is 4.05. The highest BCUT2D eigenvalue weighted by Crippen LogP contribution is 2.25. The third-order valence-electron chi connectivity index (χ3n) is 4.05. The van der Waals surface area contributed by atoms with Gasteiger partial charge in [0.15, 0.2) is 6.10 Å². The van der Waals surface area contributed by atoms with Crippen LogP contribution in [0.4, 0.5) is 5.69 Å². The topological polar surface area (TPSA) is 58.6 Å². The van der Waals surface area contributed by atoms with Crippen molar-refractivity contribution in [1.82, 2.24) is 0 Å². The van der Waals surface area contributed by atoms with Crippen LogP contribution in [0.1, 0.15) is 12.5 Å². The Bertz CT molecular complexity index is 889. The molecule has 132 valence electrons. The van der Waals surface area contributed by atoms with E-state index in [0.29, 0.717) is 11.4 Å². The Balaban J connectivity index is 1.63. The lowest BCUT2D eigenvalue weighted by Crippen LogP contribution is -2.30. The Morgan fingerprint density at radius 2 is 1.62 bits per heavy atom. The highest BCUT2D eigenvalue weighted by atomic mass is 16.5. The van der Waals surface area contributed by atoms with E-state index in [1.807, 2.05) is 67.6 Å². The number of phenolic OH excluding ortho intramolecular Hbond substituents is 1. The molecule has 0 heterocycles. The first kappa shape index (κ1) is 17.5. The second-order valence-corrected chi connectivity index (χ2v) is 6.16. The van der Waals surface area contributed by atoms with Crippen LogP contribution >= 0.6 is 0 Å². The van der Waals surface area contributed by atoms with Gasteiger partial charge in [-0.15, -0.1) is 0 Å². The minimum absolute atomic E-state index is 0.0396. The maximum Gasteiger partial charge on any atom is 0.265 e. The number of nitrogens with one attached hydrogen (secondary N) is 1. The number of hydrogen-bond acceptors (Lipinski definition) is 3. The summed E-state index contributed by atoms with van der Waals surface area (Å²) in [5, 5.41) is 12.6. The minimum Gasteiger partial charge on any atom is -0.506 e. The van der Waals surface area contributed by atoms with Crippen LogP contribution in [0, 0.1) is 6.92 Å². The smallest absolute Gasteiger partial charge is 0.265 e. The van der Waals surface area contributed by atoms with Crippen molar-refractivity contribution in [1.29, 1.82) is 0 Å². The van der Waals surface area contributed by atoms with Crippen LogP contribution in [0.25, 0.3) is 11.1 Å². The molecule has 0 bridgehead atoms. The second kappa shape index (κ2) is 7.74. The summed E-state index contributed by atoms with van der Waals surface area (Å²) in [6, 6.07) is 22.7. The lowest BCUT2D eigenvalue weighted by molar-refractivity contribution is -0.122. The van der Waals surface area contributed by atoms with Gasteiger partial charge >= 0.3 is 0 Å². The molecule has 4 heteroatoms. The molecule has 0 aliphatic rings. The molecule has 0 unspecified atom stereocenters. The van der Waals surface area contributed by atoms with Crippen LogP contribution in [-0.4, -0.2) is 17.1 Å². The van der Waals surface area contributed by atoms with Crippen molar-refractivity contribution in [3.8, 4) is 22.6 Å². The lowest BCUT2D eigenvalue weighted by Gasteiger charge is -2.16. The molecule has 2 N–H and O–H groups in total. The molecular formula is C22H21NO3. The van der Waals surface area contributed by atoms with Crippen LogP contribution < -0.4 is 10.1 Å². The van der Waals surface area contributed by atoms with E-state index in [-0.39, 0.29) is 11.7 Å². The van der Waals surface area contributed by atoms with E-state index in [9.17, 15) is 9.90 Å². The van der Waals surface area contributed by atoms with Gasteiger partial charge in [-0.1, -0.05) is 48.5 Å². The number of phenols is 1. The van der Waals surface area contributed by atoms with E-state index >= 15 is 0 Å². The molecule has 3 aromatic carbocycles. The number of carbonyl (C=O) groups excluding carboxylic acids is 1. The molecule has 1 atom stereocenters. The summed E-state index contributed by atoms with van der Waals surface area (Å²) in [5.74, 6) is 0.328. The van der Waals surface area contributed by atoms with Crippen LogP contribution in [0.3, 0.4) is 0 Å². The van der Waals surface area contributed by atoms with Gasteiger partial charge in [0.1, 0.15) is 11.5 Å². The molecule has 26 heavy (non-hydrogen) atoms. The fourth-order valence-corrected chi connectivity index (χ4v) is 2.60. The summed E-state index contributed by atoms with van der Waals surface area (Å²) in [6.45, 7) is 3.54. The van der Waals surface area contributed by atoms with E-state index in [0.717, 1.165) is 16.7 Å². The SMILES string of the molecule is Cc1ccc(NC(=O)[C@H](C)Oc2ccc(-c3ccccc3)cc2)c(O)c1. The van der Waals surface area contributed by atoms with E-state index in [4.69, 9.17) is 4.74 Å². The Hall–Kier alpha value is -3.27. The fraction of sp³-hybridized carbons (Fsp3) is 0.136. The number of rotatable bonds is 5. The number of aromatic hydroxyl groups is 1. The van der Waals surface area contributed by atoms with Crippen molar-refractivity contribution < 1.29 is 14.6 Å². The van der Waals surface area contributed by atoms with Crippen LogP contribution in [-0.2, 0) is 4.79 Å². The van der Waals surface area contributed by atoms with Crippen molar-refractivity contribution in [3.63, 3.8) is 0 Å². The molecule has 0 aliphatic heterocycles. The minimum atomic E-state index is -0.696. The Morgan fingerprint density at radius 3 is 2.27 bits per heavy atom. The monoisotopic (exact) mass is 347 g/mol. The van der Waals surface area contributed by atoms with Gasteiger partial charge in [-0.25, -0.2) is 0 Å². The number of ether oxygens (including phenoxy) is 1. The largest absolute Gasteiger partial charge is 0.506 e. The first-order chi connectivity index (χ1) is 12.5. The molecule has 0 aliphatic carbocycles. The zero-order chi connectivity index (χ0) is 18.5. The molecule has 1 amide bonds. The maximum atomic E-state index is 12.3. The maximum absolute atomic E-state index is 12.3. The number of benzene rings is 3. The number of aryl methyl sites for hydroxylation is 1. The summed E-state index contributed by atoms with van der Waals surface area (Å²) in [7, 11) is 0. The number of hydrogen-bond donors (Lipinski definition) is 2. The molecule has 0 saturated heterocycles. The Kier molecular flexibility index (Phi) is 5.23. The van der Waals surface area contributed by atoms with Gasteiger partial charge in [0.05, 0.1) is 5.69 Å². The highest BCUT2D eigenvalue weighted by molar-refractivity contribution is 5.95. The average Bonchev–Trinajstić information content (AvgIpc) is 2.65. The molecule has 0 radical (unpaired) electrons.